The molecule has 0 radical (unpaired) electrons. The molecule has 1 amide bonds. The molecule has 0 unspecified atom stereocenters. The Hall–Kier alpha value is -2.17. The summed E-state index contributed by atoms with van der Waals surface area (Å²) in [5.41, 5.74) is 2.43. The minimum Gasteiger partial charge on any atom is -0.505 e. The minimum absolute atomic E-state index is 0.0102. The van der Waals surface area contributed by atoms with Gasteiger partial charge in [0.1, 0.15) is 5.71 Å². The molecular weight excluding hydrogens is 319 g/mol. The predicted molar refractivity (Wildman–Crippen MR) is 101 cm³/mol. The van der Waals surface area contributed by atoms with Crippen molar-refractivity contribution < 1.29 is 14.3 Å². The minimum atomic E-state index is -0.677. The molecule has 0 bridgehead atoms. The lowest BCUT2D eigenvalue weighted by molar-refractivity contribution is -0.125. The van der Waals surface area contributed by atoms with E-state index < -0.39 is 5.82 Å². The molecule has 0 heterocycles. The summed E-state index contributed by atoms with van der Waals surface area (Å²) in [4.78, 5) is 18.8. The van der Waals surface area contributed by atoms with Crippen LogP contribution in [0.15, 0.2) is 28.9 Å². The van der Waals surface area contributed by atoms with Crippen LogP contribution in [0, 0.1) is 11.2 Å². The standard InChI is InChI=1S/C20H29FN2O2/c1-8-23(12-20(5,6)7)19(25)15(4)22-14(3)13(2)16-9-10-18(24)17(21)11-16/h9-11,24H,8,12H2,1-7H3/b14-13+,22-15?. The third-order valence-corrected chi connectivity index (χ3v) is 3.90. The van der Waals surface area contributed by atoms with Crippen molar-refractivity contribution in [1.29, 1.82) is 0 Å². The number of phenolic OH excluding ortho intramolecular Hbond substituents is 1. The average molecular weight is 348 g/mol. The number of aromatic hydroxyl groups is 1. The molecule has 0 aliphatic carbocycles. The van der Waals surface area contributed by atoms with Gasteiger partial charge in [-0.15, -0.1) is 0 Å². The van der Waals surface area contributed by atoms with E-state index in [1.807, 2.05) is 13.8 Å². The second-order valence-corrected chi connectivity index (χ2v) is 7.45. The highest BCUT2D eigenvalue weighted by Crippen LogP contribution is 2.24. The average Bonchev–Trinajstić information content (AvgIpc) is 2.52. The van der Waals surface area contributed by atoms with Gasteiger partial charge in [-0.1, -0.05) is 26.8 Å². The van der Waals surface area contributed by atoms with Crippen LogP contribution in [0.5, 0.6) is 5.75 Å². The Balaban J connectivity index is 3.09. The van der Waals surface area contributed by atoms with Gasteiger partial charge >= 0.3 is 0 Å². The molecule has 0 saturated heterocycles. The Labute approximate surface area is 150 Å². The zero-order chi connectivity index (χ0) is 19.4. The summed E-state index contributed by atoms with van der Waals surface area (Å²) in [5, 5.41) is 9.29. The van der Waals surface area contributed by atoms with Gasteiger partial charge in [0.05, 0.1) is 0 Å². The number of hydrogen-bond donors (Lipinski definition) is 1. The topological polar surface area (TPSA) is 52.9 Å². The monoisotopic (exact) mass is 348 g/mol. The van der Waals surface area contributed by atoms with Gasteiger partial charge in [-0.25, -0.2) is 4.39 Å². The number of amides is 1. The van der Waals surface area contributed by atoms with E-state index in [4.69, 9.17) is 0 Å². The van der Waals surface area contributed by atoms with E-state index in [0.29, 0.717) is 30.1 Å². The summed E-state index contributed by atoms with van der Waals surface area (Å²) >= 11 is 0. The molecular formula is C20H29FN2O2. The van der Waals surface area contributed by atoms with Crippen molar-refractivity contribution in [3.8, 4) is 5.75 Å². The molecule has 0 aliphatic rings. The third kappa shape index (κ3) is 6.00. The first kappa shape index (κ1) is 20.9. The number of nitrogens with zero attached hydrogens (tertiary/aromatic N) is 2. The van der Waals surface area contributed by atoms with E-state index in [-0.39, 0.29) is 17.1 Å². The molecule has 5 heteroatoms. The van der Waals surface area contributed by atoms with Gasteiger partial charge in [-0.2, -0.15) is 0 Å². The number of carbonyl (C=O) groups is 1. The molecule has 138 valence electrons. The number of benzene rings is 1. The fourth-order valence-electron chi connectivity index (χ4n) is 2.46. The van der Waals surface area contributed by atoms with Crippen LogP contribution in [-0.2, 0) is 4.79 Å². The van der Waals surface area contributed by atoms with Crippen LogP contribution in [0.25, 0.3) is 5.57 Å². The second-order valence-electron chi connectivity index (χ2n) is 7.45. The zero-order valence-electron chi connectivity index (χ0n) is 16.3. The Morgan fingerprint density at radius 3 is 2.32 bits per heavy atom. The fourth-order valence-corrected chi connectivity index (χ4v) is 2.46. The normalized spacial score (nSPS) is 13.5. The first-order valence-electron chi connectivity index (χ1n) is 8.47. The SMILES string of the molecule is CCN(CC(C)(C)C)C(=O)C(C)=N/C(C)=C(\C)c1ccc(O)c(F)c1. The number of allylic oxidation sites excluding steroid dienone is 2. The number of phenols is 1. The van der Waals surface area contributed by atoms with Gasteiger partial charge < -0.3 is 10.0 Å². The van der Waals surface area contributed by atoms with Crippen LogP contribution in [0.4, 0.5) is 4.39 Å². The molecule has 25 heavy (non-hydrogen) atoms. The summed E-state index contributed by atoms with van der Waals surface area (Å²) in [5.74, 6) is -1.16. The van der Waals surface area contributed by atoms with Gasteiger partial charge in [0.2, 0.25) is 0 Å². The summed E-state index contributed by atoms with van der Waals surface area (Å²) in [6, 6.07) is 4.20. The molecule has 0 aliphatic heterocycles. The number of rotatable bonds is 5. The smallest absolute Gasteiger partial charge is 0.267 e. The van der Waals surface area contributed by atoms with E-state index in [2.05, 4.69) is 25.8 Å². The van der Waals surface area contributed by atoms with Gasteiger partial charge in [0.15, 0.2) is 11.6 Å². The van der Waals surface area contributed by atoms with Crippen molar-refractivity contribution >= 4 is 17.2 Å². The lowest BCUT2D eigenvalue weighted by Crippen LogP contribution is -2.40. The molecule has 0 atom stereocenters. The van der Waals surface area contributed by atoms with Gasteiger partial charge in [0.25, 0.3) is 5.91 Å². The van der Waals surface area contributed by atoms with Crippen molar-refractivity contribution in [1.82, 2.24) is 4.90 Å². The first-order chi connectivity index (χ1) is 11.5. The van der Waals surface area contributed by atoms with Crippen LogP contribution in [-0.4, -0.2) is 34.7 Å². The van der Waals surface area contributed by atoms with Crippen LogP contribution < -0.4 is 0 Å². The van der Waals surface area contributed by atoms with E-state index in [1.54, 1.807) is 24.8 Å². The summed E-state index contributed by atoms with van der Waals surface area (Å²) in [7, 11) is 0. The quantitative estimate of drug-likeness (QED) is 0.788. The first-order valence-corrected chi connectivity index (χ1v) is 8.47. The van der Waals surface area contributed by atoms with Crippen molar-refractivity contribution in [3.05, 3.63) is 35.3 Å². The predicted octanol–water partition coefficient (Wildman–Crippen LogP) is 4.64. The molecule has 1 N–H and O–H groups in total. The Bertz CT molecular complexity index is 700. The zero-order valence-corrected chi connectivity index (χ0v) is 16.3. The van der Waals surface area contributed by atoms with Crippen molar-refractivity contribution in [3.63, 3.8) is 0 Å². The van der Waals surface area contributed by atoms with Crippen LogP contribution in [0.3, 0.4) is 0 Å². The molecule has 0 spiro atoms. The van der Waals surface area contributed by atoms with Crippen LogP contribution >= 0.6 is 0 Å². The molecule has 0 fully saturated rings. The van der Waals surface area contributed by atoms with E-state index >= 15 is 0 Å². The van der Waals surface area contributed by atoms with Gasteiger partial charge in [0, 0.05) is 18.8 Å². The lowest BCUT2D eigenvalue weighted by atomic mass is 9.96. The molecule has 1 rings (SSSR count). The second kappa shape index (κ2) is 8.28. The highest BCUT2D eigenvalue weighted by molar-refractivity contribution is 6.38. The third-order valence-electron chi connectivity index (χ3n) is 3.90. The fraction of sp³-hybridized carbons (Fsp3) is 0.500. The number of carbonyl (C=O) groups excluding carboxylic acids is 1. The Morgan fingerprint density at radius 2 is 1.84 bits per heavy atom. The summed E-state index contributed by atoms with van der Waals surface area (Å²) in [6.07, 6.45) is 0. The number of hydrogen-bond acceptors (Lipinski definition) is 3. The number of halogens is 1. The molecule has 4 nitrogen and oxygen atoms in total. The van der Waals surface area contributed by atoms with Crippen LogP contribution in [0.2, 0.25) is 0 Å². The van der Waals surface area contributed by atoms with Gasteiger partial charge in [-0.3, -0.25) is 9.79 Å². The van der Waals surface area contributed by atoms with Crippen molar-refractivity contribution in [2.24, 2.45) is 10.4 Å². The molecule has 1 aromatic carbocycles. The van der Waals surface area contributed by atoms with Crippen molar-refractivity contribution in [2.45, 2.75) is 48.5 Å². The maximum absolute atomic E-state index is 13.5. The van der Waals surface area contributed by atoms with Crippen LogP contribution in [0.1, 0.15) is 54.0 Å². The maximum atomic E-state index is 13.5. The lowest BCUT2D eigenvalue weighted by Gasteiger charge is -2.29. The Kier molecular flexibility index (Phi) is 6.91. The highest BCUT2D eigenvalue weighted by atomic mass is 19.1. The summed E-state index contributed by atoms with van der Waals surface area (Å²) in [6.45, 7) is 14.8. The van der Waals surface area contributed by atoms with Crippen molar-refractivity contribution in [2.75, 3.05) is 13.1 Å². The number of aliphatic imine (C=N–C) groups is 1. The molecule has 1 aromatic rings. The van der Waals surface area contributed by atoms with E-state index in [0.717, 1.165) is 5.57 Å². The maximum Gasteiger partial charge on any atom is 0.267 e. The molecule has 0 aromatic heterocycles. The van der Waals surface area contributed by atoms with E-state index in [9.17, 15) is 14.3 Å². The highest BCUT2D eigenvalue weighted by Gasteiger charge is 2.21. The van der Waals surface area contributed by atoms with Gasteiger partial charge in [-0.05, 0) is 56.4 Å². The summed E-state index contributed by atoms with van der Waals surface area (Å²) < 4.78 is 13.5. The largest absolute Gasteiger partial charge is 0.505 e. The van der Waals surface area contributed by atoms with E-state index in [1.165, 1.54) is 12.1 Å². The Morgan fingerprint density at radius 1 is 1.24 bits per heavy atom. The molecule has 0 saturated carbocycles.